The lowest BCUT2D eigenvalue weighted by Gasteiger charge is -2.29. The molecule has 2 aliphatic heterocycles. The largest absolute Gasteiger partial charge is 0.493 e. The van der Waals surface area contributed by atoms with Crippen molar-refractivity contribution in [2.45, 2.75) is 30.6 Å². The number of ether oxygens (including phenoxy) is 3. The Hall–Kier alpha value is -1.84. The maximum Gasteiger partial charge on any atom is 0.243 e. The van der Waals surface area contributed by atoms with Crippen LogP contribution in [-0.2, 0) is 26.0 Å². The molecular formula is C19H28N2O6S. The number of sulfonamides is 1. The topological polar surface area (TPSA) is 85.4 Å². The van der Waals surface area contributed by atoms with Gasteiger partial charge >= 0.3 is 0 Å². The summed E-state index contributed by atoms with van der Waals surface area (Å²) in [4.78, 5) is 14.6. The number of hydrogen-bond acceptors (Lipinski definition) is 6. The molecule has 0 saturated carbocycles. The molecule has 9 heteroatoms. The summed E-state index contributed by atoms with van der Waals surface area (Å²) in [7, 11) is -0.768. The van der Waals surface area contributed by atoms with E-state index in [1.165, 1.54) is 24.6 Å². The van der Waals surface area contributed by atoms with Gasteiger partial charge in [-0.3, -0.25) is 4.79 Å². The molecule has 1 aromatic rings. The molecule has 28 heavy (non-hydrogen) atoms. The molecule has 0 aliphatic carbocycles. The minimum absolute atomic E-state index is 0.0112. The zero-order chi connectivity index (χ0) is 20.1. The lowest BCUT2D eigenvalue weighted by molar-refractivity contribution is -0.134. The van der Waals surface area contributed by atoms with E-state index in [-0.39, 0.29) is 17.2 Å². The van der Waals surface area contributed by atoms with E-state index in [9.17, 15) is 13.2 Å². The Kier molecular flexibility index (Phi) is 6.79. The van der Waals surface area contributed by atoms with Crippen LogP contribution in [0.25, 0.3) is 0 Å². The molecule has 1 amide bonds. The monoisotopic (exact) mass is 412 g/mol. The van der Waals surface area contributed by atoms with Gasteiger partial charge in [-0.1, -0.05) is 6.42 Å². The molecule has 3 rings (SSSR count). The molecule has 2 fully saturated rings. The van der Waals surface area contributed by atoms with Crippen molar-refractivity contribution in [2.75, 3.05) is 53.6 Å². The van der Waals surface area contributed by atoms with E-state index in [4.69, 9.17) is 14.2 Å². The third-order valence-electron chi connectivity index (χ3n) is 5.21. The van der Waals surface area contributed by atoms with E-state index in [1.807, 2.05) is 0 Å². The summed E-state index contributed by atoms with van der Waals surface area (Å²) in [6.45, 7) is 3.01. The first-order chi connectivity index (χ1) is 13.5. The van der Waals surface area contributed by atoms with Gasteiger partial charge in [0.2, 0.25) is 15.9 Å². The zero-order valence-corrected chi connectivity index (χ0v) is 17.3. The average molecular weight is 413 g/mol. The Bertz CT molecular complexity index is 799. The number of carbonyl (C=O) groups is 1. The fourth-order valence-corrected chi connectivity index (χ4v) is 5.35. The quantitative estimate of drug-likeness (QED) is 0.700. The van der Waals surface area contributed by atoms with Crippen molar-refractivity contribution in [3.63, 3.8) is 0 Å². The zero-order valence-electron chi connectivity index (χ0n) is 16.5. The van der Waals surface area contributed by atoms with Crippen molar-refractivity contribution in [3.8, 4) is 11.5 Å². The number of rotatable bonds is 6. The molecule has 0 radical (unpaired) electrons. The molecule has 0 N–H and O–H groups in total. The van der Waals surface area contributed by atoms with E-state index in [0.29, 0.717) is 56.5 Å². The van der Waals surface area contributed by atoms with Crippen molar-refractivity contribution >= 4 is 15.9 Å². The minimum atomic E-state index is -3.72. The van der Waals surface area contributed by atoms with Crippen molar-refractivity contribution in [1.29, 1.82) is 0 Å². The van der Waals surface area contributed by atoms with Crippen molar-refractivity contribution in [1.82, 2.24) is 9.21 Å². The second-order valence-corrected chi connectivity index (χ2v) is 8.86. The number of carbonyl (C=O) groups excluding carboxylic acids is 1. The lowest BCUT2D eigenvalue weighted by Crippen LogP contribution is -2.42. The summed E-state index contributed by atoms with van der Waals surface area (Å²) >= 11 is 0. The Morgan fingerprint density at radius 2 is 1.61 bits per heavy atom. The second kappa shape index (κ2) is 9.11. The summed E-state index contributed by atoms with van der Waals surface area (Å²) in [6.07, 6.45) is 2.70. The smallest absolute Gasteiger partial charge is 0.243 e. The fraction of sp³-hybridized carbons (Fsp3) is 0.632. The first kappa shape index (κ1) is 20.9. The first-order valence-electron chi connectivity index (χ1n) is 9.58. The summed E-state index contributed by atoms with van der Waals surface area (Å²) in [6, 6.07) is 3.08. The summed E-state index contributed by atoms with van der Waals surface area (Å²) in [5.41, 5.74) is 0.430. The van der Waals surface area contributed by atoms with Gasteiger partial charge in [0.15, 0.2) is 11.5 Å². The molecule has 1 aromatic carbocycles. The molecular weight excluding hydrogens is 384 g/mol. The number of hydrogen-bond donors (Lipinski definition) is 0. The molecule has 0 spiro atoms. The summed E-state index contributed by atoms with van der Waals surface area (Å²) in [5, 5.41) is 0. The number of morpholine rings is 1. The molecule has 0 atom stereocenters. The molecule has 2 saturated heterocycles. The number of nitrogens with zero attached hydrogens (tertiary/aromatic N) is 2. The second-order valence-electron chi connectivity index (χ2n) is 6.95. The van der Waals surface area contributed by atoms with Crippen molar-refractivity contribution in [2.24, 2.45) is 0 Å². The maximum atomic E-state index is 13.3. The maximum absolute atomic E-state index is 13.3. The molecule has 2 heterocycles. The van der Waals surface area contributed by atoms with Gasteiger partial charge < -0.3 is 19.1 Å². The Labute approximate surface area is 166 Å². The molecule has 156 valence electrons. The standard InChI is InChI=1S/C19H28N2O6S/c1-25-16-12-15(13-19(22)20-8-10-27-11-9-20)18(14-17(16)26-2)28(23,24)21-6-4-3-5-7-21/h12,14H,3-11,13H2,1-2H3. The van der Waals surface area contributed by atoms with Gasteiger partial charge in [-0.15, -0.1) is 0 Å². The van der Waals surface area contributed by atoms with Crippen LogP contribution in [0.3, 0.4) is 0 Å². The molecule has 2 aliphatic rings. The van der Waals surface area contributed by atoms with E-state index < -0.39 is 10.0 Å². The number of benzene rings is 1. The van der Waals surface area contributed by atoms with Crippen LogP contribution in [0.5, 0.6) is 11.5 Å². The minimum Gasteiger partial charge on any atom is -0.493 e. The summed E-state index contributed by atoms with van der Waals surface area (Å²) in [5.74, 6) is 0.621. The Balaban J connectivity index is 1.97. The van der Waals surface area contributed by atoms with Gasteiger partial charge in [0.25, 0.3) is 0 Å². The highest BCUT2D eigenvalue weighted by molar-refractivity contribution is 7.89. The van der Waals surface area contributed by atoms with Crippen LogP contribution >= 0.6 is 0 Å². The normalized spacial score (nSPS) is 18.7. The SMILES string of the molecule is COc1cc(CC(=O)N2CCOCC2)c(S(=O)(=O)N2CCCCC2)cc1OC. The van der Waals surface area contributed by atoms with Gasteiger partial charge in [-0.25, -0.2) is 8.42 Å². The average Bonchev–Trinajstić information content (AvgIpc) is 2.74. The van der Waals surface area contributed by atoms with E-state index in [0.717, 1.165) is 19.3 Å². The van der Waals surface area contributed by atoms with Crippen LogP contribution in [0.2, 0.25) is 0 Å². The first-order valence-corrected chi connectivity index (χ1v) is 11.0. The predicted octanol–water partition coefficient (Wildman–Crippen LogP) is 1.28. The fourth-order valence-electron chi connectivity index (χ4n) is 3.61. The van der Waals surface area contributed by atoms with Crippen LogP contribution in [0, 0.1) is 0 Å². The number of methoxy groups -OCH3 is 2. The Morgan fingerprint density at radius 1 is 1.00 bits per heavy atom. The Morgan fingerprint density at radius 3 is 2.21 bits per heavy atom. The molecule has 0 unspecified atom stereocenters. The molecule has 8 nitrogen and oxygen atoms in total. The van der Waals surface area contributed by atoms with Gasteiger partial charge in [0.1, 0.15) is 0 Å². The van der Waals surface area contributed by atoms with Gasteiger partial charge in [-0.2, -0.15) is 4.31 Å². The molecule has 0 aromatic heterocycles. The van der Waals surface area contributed by atoms with Gasteiger partial charge in [0.05, 0.1) is 38.7 Å². The third kappa shape index (κ3) is 4.42. The highest BCUT2D eigenvalue weighted by Gasteiger charge is 2.31. The van der Waals surface area contributed by atoms with Crippen molar-refractivity contribution < 1.29 is 27.4 Å². The molecule has 0 bridgehead atoms. The summed E-state index contributed by atoms with van der Waals surface area (Å²) < 4.78 is 44.1. The van der Waals surface area contributed by atoms with E-state index >= 15 is 0 Å². The third-order valence-corrected chi connectivity index (χ3v) is 7.19. The van der Waals surface area contributed by atoms with Gasteiger partial charge in [0, 0.05) is 32.2 Å². The highest BCUT2D eigenvalue weighted by Crippen LogP contribution is 2.35. The number of amides is 1. The van der Waals surface area contributed by atoms with Gasteiger partial charge in [-0.05, 0) is 24.5 Å². The van der Waals surface area contributed by atoms with Crippen LogP contribution in [0.1, 0.15) is 24.8 Å². The van der Waals surface area contributed by atoms with Crippen LogP contribution in [0.15, 0.2) is 17.0 Å². The van der Waals surface area contributed by atoms with Crippen LogP contribution in [-0.4, -0.2) is 77.1 Å². The van der Waals surface area contributed by atoms with E-state index in [1.54, 1.807) is 11.0 Å². The predicted molar refractivity (Wildman–Crippen MR) is 103 cm³/mol. The highest BCUT2D eigenvalue weighted by atomic mass is 32.2. The number of piperidine rings is 1. The van der Waals surface area contributed by atoms with Crippen molar-refractivity contribution in [3.05, 3.63) is 17.7 Å². The lowest BCUT2D eigenvalue weighted by atomic mass is 10.1. The van der Waals surface area contributed by atoms with Crippen LogP contribution in [0.4, 0.5) is 0 Å². The van der Waals surface area contributed by atoms with Crippen LogP contribution < -0.4 is 9.47 Å². The van der Waals surface area contributed by atoms with E-state index in [2.05, 4.69) is 0 Å².